The van der Waals surface area contributed by atoms with E-state index in [9.17, 15) is 22.2 Å². The number of halogens is 4. The van der Waals surface area contributed by atoms with E-state index in [-0.39, 0.29) is 5.75 Å². The van der Waals surface area contributed by atoms with Crippen LogP contribution in [0.4, 0.5) is 30.4 Å². The molecule has 1 aliphatic heterocycles. The summed E-state index contributed by atoms with van der Waals surface area (Å²) in [4.78, 5) is 20.6. The smallest absolute Gasteiger partial charge is 0.408 e. The second-order valence-electron chi connectivity index (χ2n) is 8.39. The molecular formula is C23H23ClF3N5O3S. The van der Waals surface area contributed by atoms with Gasteiger partial charge in [0.15, 0.2) is 6.61 Å². The maximum absolute atomic E-state index is 12.7. The van der Waals surface area contributed by atoms with Crippen LogP contribution in [0.1, 0.15) is 18.9 Å². The summed E-state index contributed by atoms with van der Waals surface area (Å²) in [5.41, 5.74) is 2.37. The van der Waals surface area contributed by atoms with Gasteiger partial charge in [0.2, 0.25) is 0 Å². The summed E-state index contributed by atoms with van der Waals surface area (Å²) in [6, 6.07) is 6.17. The fraction of sp³-hybridized carbons (Fsp3) is 0.348. The highest BCUT2D eigenvalue weighted by molar-refractivity contribution is 7.95. The van der Waals surface area contributed by atoms with Gasteiger partial charge in [-0.2, -0.15) is 17.5 Å². The van der Waals surface area contributed by atoms with Crippen molar-refractivity contribution in [2.45, 2.75) is 32.5 Å². The lowest BCUT2D eigenvalue weighted by Crippen LogP contribution is -2.44. The van der Waals surface area contributed by atoms with Crippen molar-refractivity contribution in [3.8, 4) is 5.75 Å². The van der Waals surface area contributed by atoms with Crippen LogP contribution in [0.5, 0.6) is 5.75 Å². The molecular weight excluding hydrogens is 519 g/mol. The Balaban J connectivity index is 1.58. The summed E-state index contributed by atoms with van der Waals surface area (Å²) >= 11 is 6.07. The van der Waals surface area contributed by atoms with Crippen LogP contribution in [0, 0.1) is 6.92 Å². The van der Waals surface area contributed by atoms with Crippen molar-refractivity contribution in [1.82, 2.24) is 15.3 Å². The SMILES string of the molecule is Cc1cc(N=S2(=O)CCC2)cc2ncnc(Nc3ccc(Cl)cc3OCC(=O)N[C@H](C)C(F)(F)F)c12. The molecule has 192 valence electrons. The van der Waals surface area contributed by atoms with Crippen LogP contribution in [-0.2, 0) is 14.5 Å². The maximum Gasteiger partial charge on any atom is 0.408 e. The second-order valence-corrected chi connectivity index (χ2v) is 11.4. The average Bonchev–Trinajstić information content (AvgIpc) is 2.77. The molecule has 2 heterocycles. The van der Waals surface area contributed by atoms with Gasteiger partial charge in [0.05, 0.1) is 26.6 Å². The van der Waals surface area contributed by atoms with E-state index >= 15 is 0 Å². The molecule has 0 saturated carbocycles. The Morgan fingerprint density at radius 1 is 1.25 bits per heavy atom. The number of anilines is 2. The van der Waals surface area contributed by atoms with E-state index in [1.165, 1.54) is 12.4 Å². The van der Waals surface area contributed by atoms with Gasteiger partial charge in [0.25, 0.3) is 5.91 Å². The summed E-state index contributed by atoms with van der Waals surface area (Å²) in [5.74, 6) is 0.824. The van der Waals surface area contributed by atoms with Gasteiger partial charge < -0.3 is 15.4 Å². The minimum absolute atomic E-state index is 0.148. The Hall–Kier alpha value is -3.12. The third kappa shape index (κ3) is 5.98. The van der Waals surface area contributed by atoms with Gasteiger partial charge in [0.1, 0.15) is 23.9 Å². The van der Waals surface area contributed by atoms with E-state index in [2.05, 4.69) is 19.6 Å². The van der Waals surface area contributed by atoms with E-state index in [1.54, 1.807) is 18.2 Å². The quantitative estimate of drug-likeness (QED) is 0.421. The average molecular weight is 542 g/mol. The first-order valence-electron chi connectivity index (χ1n) is 11.0. The number of hydrogen-bond donors (Lipinski definition) is 2. The lowest BCUT2D eigenvalue weighted by molar-refractivity contribution is -0.158. The number of alkyl halides is 3. The van der Waals surface area contributed by atoms with E-state index in [1.807, 2.05) is 18.3 Å². The summed E-state index contributed by atoms with van der Waals surface area (Å²) in [6.45, 7) is 2.05. The molecule has 3 aromatic rings. The molecule has 0 radical (unpaired) electrons. The molecule has 0 unspecified atom stereocenters. The highest BCUT2D eigenvalue weighted by Gasteiger charge is 2.37. The largest absolute Gasteiger partial charge is 0.482 e. The topological polar surface area (TPSA) is 106 Å². The molecule has 36 heavy (non-hydrogen) atoms. The first-order valence-corrected chi connectivity index (χ1v) is 13.2. The van der Waals surface area contributed by atoms with Crippen LogP contribution in [-0.4, -0.2) is 50.4 Å². The highest BCUT2D eigenvalue weighted by atomic mass is 35.5. The summed E-state index contributed by atoms with van der Waals surface area (Å²) in [5, 5.41) is 5.97. The number of hydrogen-bond acceptors (Lipinski definition) is 7. The number of benzene rings is 2. The monoisotopic (exact) mass is 541 g/mol. The van der Waals surface area contributed by atoms with Crippen molar-refractivity contribution in [3.05, 3.63) is 47.2 Å². The zero-order chi connectivity index (χ0) is 26.1. The fourth-order valence-corrected chi connectivity index (χ4v) is 5.17. The van der Waals surface area contributed by atoms with Gasteiger partial charge in [-0.1, -0.05) is 11.6 Å². The van der Waals surface area contributed by atoms with Crippen LogP contribution in [0.2, 0.25) is 5.02 Å². The molecule has 1 saturated heterocycles. The van der Waals surface area contributed by atoms with Crippen LogP contribution >= 0.6 is 11.6 Å². The van der Waals surface area contributed by atoms with E-state index < -0.39 is 34.5 Å². The number of aromatic nitrogens is 2. The Bertz CT molecular complexity index is 1430. The third-order valence-corrected chi connectivity index (χ3v) is 8.17. The van der Waals surface area contributed by atoms with Crippen molar-refractivity contribution in [2.75, 3.05) is 23.4 Å². The Kier molecular flexibility index (Phi) is 7.28. The minimum atomic E-state index is -4.56. The number of fused-ring (bicyclic) bond motifs is 1. The molecule has 8 nitrogen and oxygen atoms in total. The van der Waals surface area contributed by atoms with Crippen molar-refractivity contribution in [1.29, 1.82) is 0 Å². The molecule has 2 aromatic carbocycles. The van der Waals surface area contributed by atoms with Gasteiger partial charge >= 0.3 is 6.18 Å². The molecule has 0 bridgehead atoms. The third-order valence-electron chi connectivity index (χ3n) is 5.54. The van der Waals surface area contributed by atoms with Gasteiger partial charge in [-0.3, -0.25) is 4.79 Å². The molecule has 4 rings (SSSR count). The van der Waals surface area contributed by atoms with Crippen LogP contribution in [0.25, 0.3) is 10.9 Å². The van der Waals surface area contributed by atoms with Crippen molar-refractivity contribution in [2.24, 2.45) is 4.36 Å². The maximum atomic E-state index is 12.7. The summed E-state index contributed by atoms with van der Waals surface area (Å²) in [7, 11) is -2.18. The Labute approximate surface area is 210 Å². The zero-order valence-electron chi connectivity index (χ0n) is 19.4. The van der Waals surface area contributed by atoms with E-state index in [4.69, 9.17) is 16.3 Å². The lowest BCUT2D eigenvalue weighted by atomic mass is 10.1. The van der Waals surface area contributed by atoms with Crippen molar-refractivity contribution < 1.29 is 26.9 Å². The Morgan fingerprint density at radius 2 is 2.00 bits per heavy atom. The number of rotatable bonds is 7. The van der Waals surface area contributed by atoms with Crippen LogP contribution in [0.15, 0.2) is 41.0 Å². The molecule has 1 aromatic heterocycles. The number of carbonyl (C=O) groups is 1. The van der Waals surface area contributed by atoms with Gasteiger partial charge in [0, 0.05) is 28.0 Å². The number of amides is 1. The predicted molar refractivity (Wildman–Crippen MR) is 133 cm³/mol. The molecule has 0 aliphatic carbocycles. The van der Waals surface area contributed by atoms with Gasteiger partial charge in [-0.25, -0.2) is 14.2 Å². The zero-order valence-corrected chi connectivity index (χ0v) is 20.9. The minimum Gasteiger partial charge on any atom is -0.482 e. The summed E-state index contributed by atoms with van der Waals surface area (Å²) in [6.07, 6.45) is -2.30. The molecule has 1 fully saturated rings. The molecule has 1 amide bonds. The first kappa shape index (κ1) is 26.0. The first-order chi connectivity index (χ1) is 16.9. The number of nitrogens with one attached hydrogen (secondary N) is 2. The Morgan fingerprint density at radius 3 is 2.67 bits per heavy atom. The van der Waals surface area contributed by atoms with E-state index in [0.29, 0.717) is 44.6 Å². The van der Waals surface area contributed by atoms with Gasteiger partial charge in [-0.05, 0) is 50.1 Å². The standard InChI is InChI=1S/C23H23ClF3N5O3S/c1-13-8-16(32-36(34)6-3-7-36)10-18-21(13)22(29-12-28-18)31-17-5-4-15(24)9-19(17)35-11-20(33)30-14(2)23(25,26)27/h4-5,8-10,12,14H,3,6-7,11H2,1-2H3,(H,30,33)(H,28,29,31)/t14-/m1/s1. The fourth-order valence-electron chi connectivity index (χ4n) is 3.55. The molecule has 13 heteroatoms. The van der Waals surface area contributed by atoms with Gasteiger partial charge in [-0.15, -0.1) is 0 Å². The second kappa shape index (κ2) is 10.1. The highest BCUT2D eigenvalue weighted by Crippen LogP contribution is 2.35. The normalized spacial score (nSPS) is 15.6. The molecule has 2 N–H and O–H groups in total. The lowest BCUT2D eigenvalue weighted by Gasteiger charge is -2.19. The molecule has 0 spiro atoms. The summed E-state index contributed by atoms with van der Waals surface area (Å²) < 4.78 is 60.5. The van der Waals surface area contributed by atoms with E-state index in [0.717, 1.165) is 18.9 Å². The van der Waals surface area contributed by atoms with Crippen LogP contribution in [0.3, 0.4) is 0 Å². The van der Waals surface area contributed by atoms with Crippen molar-refractivity contribution >= 4 is 55.3 Å². The number of nitrogens with zero attached hydrogens (tertiary/aromatic N) is 3. The number of carbonyl (C=O) groups excluding carboxylic acids is 1. The predicted octanol–water partition coefficient (Wildman–Crippen LogP) is 5.28. The molecule has 1 aliphatic rings. The number of ether oxygens (including phenoxy) is 1. The number of aryl methyl sites for hydroxylation is 1. The molecule has 1 atom stereocenters. The van der Waals surface area contributed by atoms with Crippen molar-refractivity contribution in [3.63, 3.8) is 0 Å². The van der Waals surface area contributed by atoms with Crippen LogP contribution < -0.4 is 15.4 Å².